The Morgan fingerprint density at radius 3 is 2.77 bits per heavy atom. The molecule has 1 nitrogen and oxygen atoms in total. The summed E-state index contributed by atoms with van der Waals surface area (Å²) in [5.74, 6) is -0.258. The molecule has 13 heavy (non-hydrogen) atoms. The van der Waals surface area contributed by atoms with Crippen LogP contribution in [0.5, 0.6) is 0 Å². The van der Waals surface area contributed by atoms with Crippen LogP contribution in [-0.4, -0.2) is 13.3 Å². The predicted molar refractivity (Wildman–Crippen MR) is 54.6 cm³/mol. The highest BCUT2D eigenvalue weighted by Crippen LogP contribution is 2.18. The Labute approximate surface area is 77.6 Å². The van der Waals surface area contributed by atoms with Gasteiger partial charge in [-0.3, -0.25) is 4.99 Å². The molecule has 0 aliphatic heterocycles. The summed E-state index contributed by atoms with van der Waals surface area (Å²) >= 11 is 0. The fourth-order valence-corrected chi connectivity index (χ4v) is 1.17. The Hall–Kier alpha value is -1.44. The molecule has 0 radical (unpaired) electrons. The van der Waals surface area contributed by atoms with Crippen LogP contribution in [0, 0.1) is 5.82 Å². The molecule has 0 spiro atoms. The van der Waals surface area contributed by atoms with Gasteiger partial charge in [0.05, 0.1) is 0 Å². The third kappa shape index (κ3) is 2.02. The van der Waals surface area contributed by atoms with E-state index < -0.39 is 0 Å². The second kappa shape index (κ2) is 3.99. The third-order valence-corrected chi connectivity index (χ3v) is 1.77. The van der Waals surface area contributed by atoms with Crippen molar-refractivity contribution >= 4 is 11.8 Å². The molecule has 0 aliphatic carbocycles. The largest absolute Gasteiger partial charge is 0.296 e. The van der Waals surface area contributed by atoms with Gasteiger partial charge in [0.25, 0.3) is 0 Å². The average Bonchev–Trinajstić information content (AvgIpc) is 2.08. The van der Waals surface area contributed by atoms with Gasteiger partial charge >= 0.3 is 0 Å². The van der Waals surface area contributed by atoms with Gasteiger partial charge in [-0.25, -0.2) is 4.39 Å². The molecule has 0 amide bonds. The van der Waals surface area contributed by atoms with Crippen molar-refractivity contribution in [2.75, 3.05) is 7.05 Å². The van der Waals surface area contributed by atoms with Crippen molar-refractivity contribution in [3.63, 3.8) is 0 Å². The molecule has 68 valence electrons. The van der Waals surface area contributed by atoms with E-state index in [1.165, 1.54) is 12.3 Å². The summed E-state index contributed by atoms with van der Waals surface area (Å²) in [5.41, 5.74) is 2.16. The normalized spacial score (nSPS) is 10.7. The Morgan fingerprint density at radius 2 is 2.23 bits per heavy atom. The van der Waals surface area contributed by atoms with Gasteiger partial charge in [-0.15, -0.1) is 0 Å². The van der Waals surface area contributed by atoms with Gasteiger partial charge in [0, 0.05) is 18.8 Å². The van der Waals surface area contributed by atoms with Crippen LogP contribution in [-0.2, 0) is 0 Å². The molecular weight excluding hydrogens is 165 g/mol. The van der Waals surface area contributed by atoms with E-state index in [4.69, 9.17) is 0 Å². The van der Waals surface area contributed by atoms with Gasteiger partial charge in [-0.05, 0) is 18.6 Å². The summed E-state index contributed by atoms with van der Waals surface area (Å²) in [7, 11) is 1.62. The standard InChI is InChI=1S/C11H12FN/c1-8(2)9-5-4-6-11(12)10(9)7-13-3/h4-7H,1H2,2-3H3. The Morgan fingerprint density at radius 1 is 1.54 bits per heavy atom. The van der Waals surface area contributed by atoms with Gasteiger partial charge in [0.1, 0.15) is 5.82 Å². The molecule has 0 aromatic heterocycles. The van der Waals surface area contributed by atoms with Gasteiger partial charge in [0.15, 0.2) is 0 Å². The molecule has 1 aromatic carbocycles. The number of allylic oxidation sites excluding steroid dienone is 1. The fraction of sp³-hybridized carbons (Fsp3) is 0.182. The molecule has 0 aliphatic rings. The maximum Gasteiger partial charge on any atom is 0.132 e. The monoisotopic (exact) mass is 177 g/mol. The first-order valence-electron chi connectivity index (χ1n) is 4.03. The zero-order valence-corrected chi connectivity index (χ0v) is 7.84. The van der Waals surface area contributed by atoms with Crippen LogP contribution < -0.4 is 0 Å². The first-order chi connectivity index (χ1) is 6.16. The van der Waals surface area contributed by atoms with Crippen molar-refractivity contribution in [1.82, 2.24) is 0 Å². The maximum atomic E-state index is 13.3. The van der Waals surface area contributed by atoms with E-state index in [1.54, 1.807) is 13.1 Å². The summed E-state index contributed by atoms with van der Waals surface area (Å²) < 4.78 is 13.3. The number of nitrogens with zero attached hydrogens (tertiary/aromatic N) is 1. The summed E-state index contributed by atoms with van der Waals surface area (Å²) in [6.07, 6.45) is 1.51. The summed E-state index contributed by atoms with van der Waals surface area (Å²) in [4.78, 5) is 3.80. The second-order valence-corrected chi connectivity index (χ2v) is 2.87. The maximum absolute atomic E-state index is 13.3. The van der Waals surface area contributed by atoms with Crippen LogP contribution in [0.25, 0.3) is 5.57 Å². The summed E-state index contributed by atoms with van der Waals surface area (Å²) in [5, 5.41) is 0. The van der Waals surface area contributed by atoms with Gasteiger partial charge < -0.3 is 0 Å². The second-order valence-electron chi connectivity index (χ2n) is 2.87. The number of hydrogen-bond donors (Lipinski definition) is 0. The molecule has 0 atom stereocenters. The molecule has 0 unspecified atom stereocenters. The van der Waals surface area contributed by atoms with Crippen LogP contribution in [0.1, 0.15) is 18.1 Å². The highest BCUT2D eigenvalue weighted by Gasteiger charge is 2.05. The van der Waals surface area contributed by atoms with Crippen molar-refractivity contribution in [3.8, 4) is 0 Å². The predicted octanol–water partition coefficient (Wildman–Crippen LogP) is 2.91. The molecule has 0 heterocycles. The minimum Gasteiger partial charge on any atom is -0.296 e. The molecule has 2 heteroatoms. The summed E-state index contributed by atoms with van der Waals surface area (Å²) in [6, 6.07) is 4.93. The van der Waals surface area contributed by atoms with Crippen LogP contribution >= 0.6 is 0 Å². The third-order valence-electron chi connectivity index (χ3n) is 1.77. The summed E-state index contributed by atoms with van der Waals surface area (Å²) in [6.45, 7) is 5.63. The Bertz CT molecular complexity index is 353. The first kappa shape index (κ1) is 9.65. The smallest absolute Gasteiger partial charge is 0.132 e. The van der Waals surface area contributed by atoms with E-state index in [0.717, 1.165) is 11.1 Å². The van der Waals surface area contributed by atoms with Crippen LogP contribution in [0.3, 0.4) is 0 Å². The molecule has 0 N–H and O–H groups in total. The number of halogens is 1. The zero-order chi connectivity index (χ0) is 9.84. The zero-order valence-electron chi connectivity index (χ0n) is 7.84. The molecule has 1 rings (SSSR count). The van der Waals surface area contributed by atoms with E-state index in [2.05, 4.69) is 11.6 Å². The van der Waals surface area contributed by atoms with E-state index in [0.29, 0.717) is 5.56 Å². The molecule has 1 aromatic rings. The quantitative estimate of drug-likeness (QED) is 0.616. The SMILES string of the molecule is C=C(C)c1cccc(F)c1C=NC. The van der Waals surface area contributed by atoms with Gasteiger partial charge in [-0.1, -0.05) is 24.3 Å². The minimum atomic E-state index is -0.258. The fourth-order valence-electron chi connectivity index (χ4n) is 1.17. The van der Waals surface area contributed by atoms with E-state index >= 15 is 0 Å². The van der Waals surface area contributed by atoms with Crippen LogP contribution in [0.2, 0.25) is 0 Å². The lowest BCUT2D eigenvalue weighted by molar-refractivity contribution is 0.625. The lowest BCUT2D eigenvalue weighted by atomic mass is 10.0. The van der Waals surface area contributed by atoms with Crippen molar-refractivity contribution in [2.45, 2.75) is 6.92 Å². The van der Waals surface area contributed by atoms with Crippen LogP contribution in [0.15, 0.2) is 29.8 Å². The molecule has 0 saturated heterocycles. The number of aliphatic imine (C=N–C) groups is 1. The lowest BCUT2D eigenvalue weighted by Crippen LogP contribution is -1.94. The van der Waals surface area contributed by atoms with Crippen LogP contribution in [0.4, 0.5) is 4.39 Å². The number of hydrogen-bond acceptors (Lipinski definition) is 1. The van der Waals surface area contributed by atoms with Crippen molar-refractivity contribution in [2.24, 2.45) is 4.99 Å². The van der Waals surface area contributed by atoms with E-state index in [9.17, 15) is 4.39 Å². The molecule has 0 bridgehead atoms. The van der Waals surface area contributed by atoms with Crippen molar-refractivity contribution < 1.29 is 4.39 Å². The van der Waals surface area contributed by atoms with Gasteiger partial charge in [-0.2, -0.15) is 0 Å². The van der Waals surface area contributed by atoms with Gasteiger partial charge in [0.2, 0.25) is 0 Å². The van der Waals surface area contributed by atoms with E-state index in [-0.39, 0.29) is 5.82 Å². The Balaban J connectivity index is 3.33. The van der Waals surface area contributed by atoms with E-state index in [1.807, 2.05) is 13.0 Å². The lowest BCUT2D eigenvalue weighted by Gasteiger charge is -2.05. The first-order valence-corrected chi connectivity index (χ1v) is 4.03. The number of rotatable bonds is 2. The van der Waals surface area contributed by atoms with Crippen molar-refractivity contribution in [3.05, 3.63) is 41.7 Å². The molecular formula is C11H12FN. The highest BCUT2D eigenvalue weighted by atomic mass is 19.1. The Kier molecular flexibility index (Phi) is 2.96. The topological polar surface area (TPSA) is 12.4 Å². The number of benzene rings is 1. The van der Waals surface area contributed by atoms with Crippen molar-refractivity contribution in [1.29, 1.82) is 0 Å². The molecule has 0 fully saturated rings. The minimum absolute atomic E-state index is 0.258. The average molecular weight is 177 g/mol. The molecule has 0 saturated carbocycles. The highest BCUT2D eigenvalue weighted by molar-refractivity contribution is 5.87.